The summed E-state index contributed by atoms with van der Waals surface area (Å²) in [6.45, 7) is 7.80. The van der Waals surface area contributed by atoms with Crippen LogP contribution in [0, 0.1) is 19.8 Å². The van der Waals surface area contributed by atoms with E-state index in [-0.39, 0.29) is 0 Å². The van der Waals surface area contributed by atoms with Crippen molar-refractivity contribution in [2.24, 2.45) is 5.92 Å². The van der Waals surface area contributed by atoms with Gasteiger partial charge in [0.25, 0.3) is 0 Å². The van der Waals surface area contributed by atoms with Crippen LogP contribution in [-0.2, 0) is 6.54 Å². The average molecular weight is 245 g/mol. The third-order valence-corrected chi connectivity index (χ3v) is 4.72. The third kappa shape index (κ3) is 3.35. The molecule has 0 aromatic heterocycles. The second-order valence-electron chi connectivity index (χ2n) is 5.87. The fourth-order valence-corrected chi connectivity index (χ4v) is 3.03. The van der Waals surface area contributed by atoms with E-state index in [9.17, 15) is 0 Å². The maximum absolute atomic E-state index is 3.75. The predicted octanol–water partition coefficient (Wildman–Crippen LogP) is 4.36. The van der Waals surface area contributed by atoms with Crippen LogP contribution in [0.25, 0.3) is 0 Å². The minimum Gasteiger partial charge on any atom is -0.310 e. The summed E-state index contributed by atoms with van der Waals surface area (Å²) in [6, 6.07) is 7.37. The Morgan fingerprint density at radius 2 is 1.83 bits per heavy atom. The first kappa shape index (κ1) is 13.6. The normalized spacial score (nSPS) is 24.2. The fourth-order valence-electron chi connectivity index (χ4n) is 3.03. The molecule has 0 saturated heterocycles. The molecule has 0 heterocycles. The van der Waals surface area contributed by atoms with Crippen LogP contribution in [0.3, 0.4) is 0 Å². The van der Waals surface area contributed by atoms with Crippen LogP contribution >= 0.6 is 0 Å². The molecule has 1 aromatic rings. The van der Waals surface area contributed by atoms with Crippen molar-refractivity contribution in [3.8, 4) is 0 Å². The van der Waals surface area contributed by atoms with Crippen LogP contribution in [0.2, 0.25) is 0 Å². The molecule has 1 aliphatic rings. The molecule has 1 fully saturated rings. The van der Waals surface area contributed by atoms with Crippen molar-refractivity contribution >= 4 is 0 Å². The van der Waals surface area contributed by atoms with E-state index < -0.39 is 0 Å². The van der Waals surface area contributed by atoms with Gasteiger partial charge in [-0.15, -0.1) is 0 Å². The highest BCUT2D eigenvalue weighted by Gasteiger charge is 2.19. The minimum absolute atomic E-state index is 0.743. The molecule has 0 spiro atoms. The molecule has 1 heteroatoms. The Balaban J connectivity index is 1.83. The van der Waals surface area contributed by atoms with Crippen molar-refractivity contribution in [2.75, 3.05) is 0 Å². The number of rotatable bonds is 4. The minimum atomic E-state index is 0.743. The molecule has 1 saturated carbocycles. The summed E-state index contributed by atoms with van der Waals surface area (Å²) < 4.78 is 0. The Bertz CT molecular complexity index is 375. The lowest BCUT2D eigenvalue weighted by Gasteiger charge is -2.28. The van der Waals surface area contributed by atoms with E-state index in [0.717, 1.165) is 18.5 Å². The molecule has 1 aliphatic carbocycles. The van der Waals surface area contributed by atoms with Gasteiger partial charge in [-0.2, -0.15) is 0 Å². The van der Waals surface area contributed by atoms with Crippen LogP contribution in [0.5, 0.6) is 0 Å². The Hall–Kier alpha value is -0.820. The van der Waals surface area contributed by atoms with Crippen LogP contribution in [0.1, 0.15) is 55.7 Å². The molecule has 18 heavy (non-hydrogen) atoms. The van der Waals surface area contributed by atoms with E-state index in [4.69, 9.17) is 0 Å². The zero-order valence-corrected chi connectivity index (χ0v) is 12.1. The Labute approximate surface area is 112 Å². The number of aryl methyl sites for hydroxylation is 1. The van der Waals surface area contributed by atoms with Crippen molar-refractivity contribution in [1.29, 1.82) is 0 Å². The summed E-state index contributed by atoms with van der Waals surface area (Å²) in [7, 11) is 0. The zero-order valence-electron chi connectivity index (χ0n) is 12.1. The first-order chi connectivity index (χ1) is 8.70. The van der Waals surface area contributed by atoms with E-state index in [0.29, 0.717) is 0 Å². The number of benzene rings is 1. The average Bonchev–Trinajstić information content (AvgIpc) is 2.41. The third-order valence-electron chi connectivity index (χ3n) is 4.72. The molecule has 0 amide bonds. The van der Waals surface area contributed by atoms with Crippen LogP contribution in [0.15, 0.2) is 18.2 Å². The summed E-state index contributed by atoms with van der Waals surface area (Å²) in [5.41, 5.74) is 4.32. The molecular formula is C17H27N. The van der Waals surface area contributed by atoms with E-state index in [2.05, 4.69) is 44.3 Å². The molecule has 100 valence electrons. The van der Waals surface area contributed by atoms with Crippen molar-refractivity contribution in [2.45, 2.75) is 65.5 Å². The van der Waals surface area contributed by atoms with Crippen molar-refractivity contribution < 1.29 is 0 Å². The Kier molecular flexibility index (Phi) is 4.82. The van der Waals surface area contributed by atoms with Crippen molar-refractivity contribution in [3.05, 3.63) is 34.9 Å². The van der Waals surface area contributed by atoms with E-state index in [1.807, 2.05) is 0 Å². The Morgan fingerprint density at radius 3 is 2.50 bits per heavy atom. The summed E-state index contributed by atoms with van der Waals surface area (Å²) in [5, 5.41) is 3.75. The van der Waals surface area contributed by atoms with Crippen LogP contribution in [0.4, 0.5) is 0 Å². The van der Waals surface area contributed by atoms with Crippen LogP contribution in [-0.4, -0.2) is 6.04 Å². The van der Waals surface area contributed by atoms with E-state index >= 15 is 0 Å². The maximum atomic E-state index is 3.75. The molecule has 0 bridgehead atoms. The first-order valence-electron chi connectivity index (χ1n) is 7.49. The largest absolute Gasteiger partial charge is 0.310 e. The molecule has 1 aromatic carbocycles. The molecule has 2 rings (SSSR count). The number of hydrogen-bond acceptors (Lipinski definition) is 1. The monoisotopic (exact) mass is 245 g/mol. The summed E-state index contributed by atoms with van der Waals surface area (Å²) in [6.07, 6.45) is 6.93. The smallest absolute Gasteiger partial charge is 0.0210 e. The molecule has 0 radical (unpaired) electrons. The molecule has 0 unspecified atom stereocenters. The van der Waals surface area contributed by atoms with Gasteiger partial charge in [-0.05, 0) is 62.1 Å². The standard InChI is InChI=1S/C17H27N/c1-4-15-8-10-17(11-9-15)18-12-16-7-5-6-13(2)14(16)3/h5-7,15,17-18H,4,8-12H2,1-3H3. The van der Waals surface area contributed by atoms with Gasteiger partial charge in [0, 0.05) is 12.6 Å². The Morgan fingerprint density at radius 1 is 1.11 bits per heavy atom. The summed E-state index contributed by atoms with van der Waals surface area (Å²) >= 11 is 0. The molecule has 1 nitrogen and oxygen atoms in total. The van der Waals surface area contributed by atoms with Crippen LogP contribution < -0.4 is 5.32 Å². The molecule has 0 aliphatic heterocycles. The second-order valence-corrected chi connectivity index (χ2v) is 5.87. The van der Waals surface area contributed by atoms with Gasteiger partial charge in [-0.1, -0.05) is 31.5 Å². The zero-order chi connectivity index (χ0) is 13.0. The molecule has 0 atom stereocenters. The van der Waals surface area contributed by atoms with Crippen molar-refractivity contribution in [1.82, 2.24) is 5.32 Å². The molecular weight excluding hydrogens is 218 g/mol. The van der Waals surface area contributed by atoms with Gasteiger partial charge in [-0.3, -0.25) is 0 Å². The summed E-state index contributed by atoms with van der Waals surface area (Å²) in [4.78, 5) is 0. The summed E-state index contributed by atoms with van der Waals surface area (Å²) in [5.74, 6) is 0.990. The van der Waals surface area contributed by atoms with Gasteiger partial charge in [0.05, 0.1) is 0 Å². The lowest BCUT2D eigenvalue weighted by atomic mass is 9.84. The van der Waals surface area contributed by atoms with E-state index in [1.54, 1.807) is 0 Å². The highest BCUT2D eigenvalue weighted by Crippen LogP contribution is 2.26. The SMILES string of the molecule is CCC1CCC(NCc2cccc(C)c2C)CC1. The topological polar surface area (TPSA) is 12.0 Å². The van der Waals surface area contributed by atoms with Gasteiger partial charge in [0.2, 0.25) is 0 Å². The van der Waals surface area contributed by atoms with Gasteiger partial charge in [0.15, 0.2) is 0 Å². The van der Waals surface area contributed by atoms with Crippen molar-refractivity contribution in [3.63, 3.8) is 0 Å². The van der Waals surface area contributed by atoms with E-state index in [1.165, 1.54) is 48.8 Å². The second kappa shape index (κ2) is 6.38. The van der Waals surface area contributed by atoms with Gasteiger partial charge < -0.3 is 5.32 Å². The highest BCUT2D eigenvalue weighted by molar-refractivity contribution is 5.32. The number of hydrogen-bond donors (Lipinski definition) is 1. The fraction of sp³-hybridized carbons (Fsp3) is 0.647. The van der Waals surface area contributed by atoms with Gasteiger partial charge >= 0.3 is 0 Å². The lowest BCUT2D eigenvalue weighted by molar-refractivity contribution is 0.285. The van der Waals surface area contributed by atoms with Gasteiger partial charge in [-0.25, -0.2) is 0 Å². The predicted molar refractivity (Wildman–Crippen MR) is 78.8 cm³/mol. The highest BCUT2D eigenvalue weighted by atomic mass is 14.9. The first-order valence-corrected chi connectivity index (χ1v) is 7.49. The lowest BCUT2D eigenvalue weighted by Crippen LogP contribution is -2.32. The number of nitrogens with one attached hydrogen (secondary N) is 1. The maximum Gasteiger partial charge on any atom is 0.0210 e. The quantitative estimate of drug-likeness (QED) is 0.831. The molecule has 1 N–H and O–H groups in total. The van der Waals surface area contributed by atoms with Gasteiger partial charge in [0.1, 0.15) is 0 Å².